The van der Waals surface area contributed by atoms with Gasteiger partial charge in [-0.25, -0.2) is 14.3 Å². The second-order valence-corrected chi connectivity index (χ2v) is 7.37. The Morgan fingerprint density at radius 2 is 2.00 bits per heavy atom. The minimum absolute atomic E-state index is 0.301. The highest BCUT2D eigenvalue weighted by atomic mass is 16.5. The molecule has 0 aliphatic rings. The number of rotatable bonds is 8. The van der Waals surface area contributed by atoms with Crippen molar-refractivity contribution < 1.29 is 14.3 Å². The largest absolute Gasteiger partial charge is 0.497 e. The van der Waals surface area contributed by atoms with Gasteiger partial charge in [-0.2, -0.15) is 15.5 Å². The number of carbonyl (C=O) groups is 1. The maximum Gasteiger partial charge on any atom is 0.258 e. The van der Waals surface area contributed by atoms with Gasteiger partial charge < -0.3 is 14.8 Å². The standard InChI is InChI=1S/C23H23N7O3/c1-15-9-21(29(28-15)8-4-7-24)27-23(31)18-10-17-13-26-30(22(17)25-12-18)14-16-5-6-19(32-2)11-20(16)33-3/h5-6,9-13H,4,8,14H2,1-3H3,(H,27,31). The van der Waals surface area contributed by atoms with E-state index in [2.05, 4.69) is 26.6 Å². The third-order valence-corrected chi connectivity index (χ3v) is 5.13. The van der Waals surface area contributed by atoms with Crippen LogP contribution in [-0.2, 0) is 13.1 Å². The lowest BCUT2D eigenvalue weighted by molar-refractivity contribution is 0.102. The Bertz CT molecular complexity index is 1350. The number of amides is 1. The fourth-order valence-electron chi connectivity index (χ4n) is 3.52. The first-order valence-corrected chi connectivity index (χ1v) is 10.3. The molecule has 0 bridgehead atoms. The van der Waals surface area contributed by atoms with Gasteiger partial charge in [0.25, 0.3) is 5.91 Å². The van der Waals surface area contributed by atoms with Crippen LogP contribution in [0.4, 0.5) is 5.82 Å². The molecule has 3 heterocycles. The number of methoxy groups -OCH3 is 2. The first kappa shape index (κ1) is 21.8. The summed E-state index contributed by atoms with van der Waals surface area (Å²) in [5.74, 6) is 1.62. The zero-order valence-corrected chi connectivity index (χ0v) is 18.6. The van der Waals surface area contributed by atoms with Crippen LogP contribution in [0.3, 0.4) is 0 Å². The predicted octanol–water partition coefficient (Wildman–Crippen LogP) is 3.17. The molecule has 0 atom stereocenters. The fraction of sp³-hybridized carbons (Fsp3) is 0.261. The zero-order valence-electron chi connectivity index (χ0n) is 18.6. The van der Waals surface area contributed by atoms with Gasteiger partial charge >= 0.3 is 0 Å². The highest BCUT2D eigenvalue weighted by Gasteiger charge is 2.15. The number of hydrogen-bond acceptors (Lipinski definition) is 7. The summed E-state index contributed by atoms with van der Waals surface area (Å²) in [7, 11) is 3.21. The molecule has 0 radical (unpaired) electrons. The first-order chi connectivity index (χ1) is 16.0. The smallest absolute Gasteiger partial charge is 0.258 e. The number of aromatic nitrogens is 5. The van der Waals surface area contributed by atoms with E-state index >= 15 is 0 Å². The normalized spacial score (nSPS) is 10.7. The second kappa shape index (κ2) is 9.40. The van der Waals surface area contributed by atoms with Crippen LogP contribution in [0.5, 0.6) is 11.5 Å². The van der Waals surface area contributed by atoms with Gasteiger partial charge in [0, 0.05) is 29.3 Å². The van der Waals surface area contributed by atoms with Crippen molar-refractivity contribution in [2.24, 2.45) is 0 Å². The Labute approximate surface area is 190 Å². The lowest BCUT2D eigenvalue weighted by Gasteiger charge is -2.11. The minimum Gasteiger partial charge on any atom is -0.497 e. The number of nitrogens with zero attached hydrogens (tertiary/aromatic N) is 6. The molecular weight excluding hydrogens is 422 g/mol. The number of anilines is 1. The van der Waals surface area contributed by atoms with Crippen LogP contribution in [0.1, 0.15) is 28.0 Å². The number of fused-ring (bicyclic) bond motifs is 1. The molecular formula is C23H23N7O3. The quantitative estimate of drug-likeness (QED) is 0.442. The fourth-order valence-corrected chi connectivity index (χ4v) is 3.52. The average Bonchev–Trinajstić information content (AvgIpc) is 3.39. The van der Waals surface area contributed by atoms with Crippen LogP contribution < -0.4 is 14.8 Å². The van der Waals surface area contributed by atoms with Gasteiger partial charge in [-0.3, -0.25) is 4.79 Å². The molecule has 0 spiro atoms. The number of carbonyl (C=O) groups excluding carboxylic acids is 1. The summed E-state index contributed by atoms with van der Waals surface area (Å²) in [6.45, 7) is 2.68. The van der Waals surface area contributed by atoms with Crippen molar-refractivity contribution in [1.29, 1.82) is 5.26 Å². The van der Waals surface area contributed by atoms with Gasteiger partial charge in [-0.1, -0.05) is 0 Å². The first-order valence-electron chi connectivity index (χ1n) is 10.3. The van der Waals surface area contributed by atoms with E-state index in [0.717, 1.165) is 16.6 Å². The number of hydrogen-bond donors (Lipinski definition) is 1. The van der Waals surface area contributed by atoms with E-state index in [4.69, 9.17) is 14.7 Å². The summed E-state index contributed by atoms with van der Waals surface area (Å²) < 4.78 is 14.1. The lowest BCUT2D eigenvalue weighted by atomic mass is 10.2. The summed E-state index contributed by atoms with van der Waals surface area (Å²) in [6.07, 6.45) is 3.50. The molecule has 4 aromatic rings. The summed E-state index contributed by atoms with van der Waals surface area (Å²) in [5.41, 5.74) is 2.73. The van der Waals surface area contributed by atoms with Crippen molar-refractivity contribution >= 4 is 22.8 Å². The van der Waals surface area contributed by atoms with Gasteiger partial charge in [-0.15, -0.1) is 0 Å². The monoisotopic (exact) mass is 445 g/mol. The maximum atomic E-state index is 12.8. The highest BCUT2D eigenvalue weighted by molar-refractivity contribution is 6.05. The van der Waals surface area contributed by atoms with E-state index in [1.165, 1.54) is 6.20 Å². The lowest BCUT2D eigenvalue weighted by Crippen LogP contribution is -2.16. The molecule has 4 rings (SSSR count). The molecule has 33 heavy (non-hydrogen) atoms. The molecule has 0 saturated carbocycles. The molecule has 1 aromatic carbocycles. The van der Waals surface area contributed by atoms with Crippen molar-refractivity contribution in [2.75, 3.05) is 19.5 Å². The van der Waals surface area contributed by atoms with E-state index in [9.17, 15) is 4.79 Å². The zero-order chi connectivity index (χ0) is 23.4. The van der Waals surface area contributed by atoms with Crippen molar-refractivity contribution in [3.63, 3.8) is 0 Å². The van der Waals surface area contributed by atoms with E-state index in [0.29, 0.717) is 48.0 Å². The molecule has 0 aliphatic heterocycles. The van der Waals surface area contributed by atoms with E-state index in [-0.39, 0.29) is 5.91 Å². The molecule has 1 amide bonds. The van der Waals surface area contributed by atoms with Gasteiger partial charge in [0.2, 0.25) is 0 Å². The Hall–Kier alpha value is -4.39. The highest BCUT2D eigenvalue weighted by Crippen LogP contribution is 2.26. The molecule has 0 saturated heterocycles. The van der Waals surface area contributed by atoms with Crippen molar-refractivity contribution in [1.82, 2.24) is 24.5 Å². The van der Waals surface area contributed by atoms with Gasteiger partial charge in [0.1, 0.15) is 17.3 Å². The van der Waals surface area contributed by atoms with Crippen LogP contribution >= 0.6 is 0 Å². The molecule has 0 fully saturated rings. The summed E-state index contributed by atoms with van der Waals surface area (Å²) in [6, 6.07) is 11.2. The van der Waals surface area contributed by atoms with Crippen LogP contribution in [0.15, 0.2) is 42.7 Å². The second-order valence-electron chi connectivity index (χ2n) is 7.37. The average molecular weight is 445 g/mol. The Morgan fingerprint density at radius 3 is 2.76 bits per heavy atom. The molecule has 10 nitrogen and oxygen atoms in total. The third-order valence-electron chi connectivity index (χ3n) is 5.13. The number of benzene rings is 1. The molecule has 0 aliphatic carbocycles. The molecule has 3 aromatic heterocycles. The van der Waals surface area contributed by atoms with E-state index in [1.807, 2.05) is 25.1 Å². The van der Waals surface area contributed by atoms with Gasteiger partial charge in [0.15, 0.2) is 5.65 Å². The summed E-state index contributed by atoms with van der Waals surface area (Å²) in [5, 5.41) is 21.2. The molecule has 168 valence electrons. The van der Waals surface area contributed by atoms with E-state index < -0.39 is 0 Å². The van der Waals surface area contributed by atoms with Crippen molar-refractivity contribution in [2.45, 2.75) is 26.4 Å². The number of aryl methyl sites for hydroxylation is 2. The van der Waals surface area contributed by atoms with E-state index in [1.54, 1.807) is 41.9 Å². The van der Waals surface area contributed by atoms with Crippen LogP contribution in [-0.4, -0.2) is 44.7 Å². The number of nitriles is 1. The van der Waals surface area contributed by atoms with Gasteiger partial charge in [-0.05, 0) is 25.1 Å². The van der Waals surface area contributed by atoms with Crippen molar-refractivity contribution in [3.8, 4) is 17.6 Å². The Morgan fingerprint density at radius 1 is 1.15 bits per heavy atom. The molecule has 0 unspecified atom stereocenters. The van der Waals surface area contributed by atoms with Crippen LogP contribution in [0.2, 0.25) is 0 Å². The SMILES string of the molecule is COc1ccc(Cn2ncc3cc(C(=O)Nc4cc(C)nn4CCC#N)cnc32)c(OC)c1. The molecule has 1 N–H and O–H groups in total. The Balaban J connectivity index is 1.55. The maximum absolute atomic E-state index is 12.8. The summed E-state index contributed by atoms with van der Waals surface area (Å²) in [4.78, 5) is 17.3. The number of nitrogens with one attached hydrogen (secondary N) is 1. The summed E-state index contributed by atoms with van der Waals surface area (Å²) >= 11 is 0. The van der Waals surface area contributed by atoms with Crippen LogP contribution in [0, 0.1) is 18.3 Å². The molecule has 10 heteroatoms. The van der Waals surface area contributed by atoms with Crippen LogP contribution in [0.25, 0.3) is 11.0 Å². The van der Waals surface area contributed by atoms with Gasteiger partial charge in [0.05, 0.1) is 57.3 Å². The minimum atomic E-state index is -0.313. The van der Waals surface area contributed by atoms with Crippen molar-refractivity contribution in [3.05, 3.63) is 59.5 Å². The topological polar surface area (TPSA) is 120 Å². The Kier molecular flexibility index (Phi) is 6.22. The number of pyridine rings is 1. The number of ether oxygens (including phenoxy) is 2. The predicted molar refractivity (Wildman–Crippen MR) is 121 cm³/mol. The third kappa shape index (κ3) is 4.62.